The Bertz CT molecular complexity index is 870. The third-order valence-electron chi connectivity index (χ3n) is 4.06. The van der Waals surface area contributed by atoms with Crippen molar-refractivity contribution in [1.29, 1.82) is 0 Å². The van der Waals surface area contributed by atoms with E-state index in [2.05, 4.69) is 31.4 Å². The molecule has 0 spiro atoms. The summed E-state index contributed by atoms with van der Waals surface area (Å²) in [5.74, 6) is 0.191. The van der Waals surface area contributed by atoms with Crippen molar-refractivity contribution in [2.45, 2.75) is 19.8 Å². The van der Waals surface area contributed by atoms with Gasteiger partial charge in [0.05, 0.1) is 5.69 Å². The zero-order valence-corrected chi connectivity index (χ0v) is 15.8. The number of hydrazone groups is 1. The van der Waals surface area contributed by atoms with Crippen LogP contribution in [-0.2, 0) is 16.6 Å². The van der Waals surface area contributed by atoms with E-state index in [1.165, 1.54) is 5.01 Å². The van der Waals surface area contributed by atoms with Crippen molar-refractivity contribution in [2.75, 3.05) is 12.4 Å². The van der Waals surface area contributed by atoms with E-state index in [4.69, 9.17) is 0 Å². The van der Waals surface area contributed by atoms with Crippen LogP contribution >= 0.6 is 15.9 Å². The van der Waals surface area contributed by atoms with Crippen molar-refractivity contribution in [3.05, 3.63) is 34.4 Å². The predicted molar refractivity (Wildman–Crippen MR) is 99.1 cm³/mol. The Morgan fingerprint density at radius 3 is 2.52 bits per heavy atom. The number of hydrogen-bond donors (Lipinski definition) is 1. The van der Waals surface area contributed by atoms with Crippen molar-refractivity contribution in [2.24, 2.45) is 12.1 Å². The summed E-state index contributed by atoms with van der Waals surface area (Å²) in [4.78, 5) is 24.1. The molecule has 0 saturated carbocycles. The molecule has 2 amide bonds. The molecule has 2 aromatic rings. The molecule has 1 aromatic heterocycles. The third kappa shape index (κ3) is 3.48. The topological polar surface area (TPSA) is 79.6 Å². The number of nitrogens with one attached hydrogen (secondary N) is 1. The fraction of sp³-hybridized carbons (Fsp3) is 0.294. The van der Waals surface area contributed by atoms with Crippen molar-refractivity contribution in [3.63, 3.8) is 0 Å². The van der Waals surface area contributed by atoms with Crippen molar-refractivity contribution in [3.8, 4) is 11.1 Å². The second-order valence-electron chi connectivity index (χ2n) is 5.86. The fourth-order valence-corrected chi connectivity index (χ4v) is 3.04. The first kappa shape index (κ1) is 17.3. The number of aromatic nitrogens is 2. The highest BCUT2D eigenvalue weighted by Crippen LogP contribution is 2.32. The van der Waals surface area contributed by atoms with Crippen molar-refractivity contribution in [1.82, 2.24) is 14.8 Å². The first-order valence-corrected chi connectivity index (χ1v) is 8.61. The molecule has 8 heteroatoms. The molecule has 0 aliphatic carbocycles. The number of amides is 2. The second-order valence-corrected chi connectivity index (χ2v) is 6.77. The summed E-state index contributed by atoms with van der Waals surface area (Å²) in [6.45, 7) is 1.90. The Morgan fingerprint density at radius 2 is 1.88 bits per heavy atom. The van der Waals surface area contributed by atoms with Gasteiger partial charge in [-0.05, 0) is 24.6 Å². The zero-order valence-electron chi connectivity index (χ0n) is 14.2. The molecule has 7 nitrogen and oxygen atoms in total. The van der Waals surface area contributed by atoms with Gasteiger partial charge in [-0.15, -0.1) is 0 Å². The minimum atomic E-state index is -0.319. The van der Waals surface area contributed by atoms with Gasteiger partial charge in [0.2, 0.25) is 5.91 Å². The van der Waals surface area contributed by atoms with Crippen LogP contribution < -0.4 is 5.32 Å². The third-order valence-corrected chi connectivity index (χ3v) is 4.59. The number of anilines is 1. The normalized spacial score (nSPS) is 14.5. The average molecular weight is 404 g/mol. The lowest BCUT2D eigenvalue weighted by Crippen LogP contribution is -2.34. The summed E-state index contributed by atoms with van der Waals surface area (Å²) < 4.78 is 2.62. The second kappa shape index (κ2) is 6.79. The molecule has 3 rings (SSSR count). The Kier molecular flexibility index (Phi) is 4.71. The molecule has 2 heterocycles. The van der Waals surface area contributed by atoms with Gasteiger partial charge in [0, 0.05) is 37.0 Å². The van der Waals surface area contributed by atoms with Gasteiger partial charge in [-0.1, -0.05) is 28.1 Å². The van der Waals surface area contributed by atoms with E-state index in [0.717, 1.165) is 21.3 Å². The summed E-state index contributed by atoms with van der Waals surface area (Å²) in [6, 6.07) is 7.82. The van der Waals surface area contributed by atoms with Gasteiger partial charge in [0.1, 0.15) is 11.5 Å². The molecular weight excluding hydrogens is 386 g/mol. The standard InChI is InChI=1S/C17H18BrN5O2/c1-10-15(11-4-6-12(18)7-5-11)16(23(3)20-10)19-17(25)13-8-9-14(24)22(2)21-13/h4-7H,8-9H2,1-3H3,(H,19,25). The van der Waals surface area contributed by atoms with E-state index in [-0.39, 0.29) is 18.2 Å². The molecule has 0 radical (unpaired) electrons. The van der Waals surface area contributed by atoms with Crippen LogP contribution in [-0.4, -0.2) is 39.4 Å². The van der Waals surface area contributed by atoms with E-state index >= 15 is 0 Å². The van der Waals surface area contributed by atoms with E-state index in [9.17, 15) is 9.59 Å². The Morgan fingerprint density at radius 1 is 1.20 bits per heavy atom. The largest absolute Gasteiger partial charge is 0.305 e. The monoisotopic (exact) mass is 403 g/mol. The van der Waals surface area contributed by atoms with Crippen LogP contribution in [0.3, 0.4) is 0 Å². The van der Waals surface area contributed by atoms with E-state index in [0.29, 0.717) is 18.0 Å². The Hall–Kier alpha value is -2.48. The molecular formula is C17H18BrN5O2. The summed E-state index contributed by atoms with van der Waals surface area (Å²) in [5, 5.41) is 12.6. The smallest absolute Gasteiger partial charge is 0.273 e. The maximum Gasteiger partial charge on any atom is 0.273 e. The zero-order chi connectivity index (χ0) is 18.1. The lowest BCUT2D eigenvalue weighted by molar-refractivity contribution is -0.130. The minimum absolute atomic E-state index is 0.0940. The van der Waals surface area contributed by atoms with Gasteiger partial charge in [-0.25, -0.2) is 5.01 Å². The molecule has 130 valence electrons. The molecule has 0 saturated heterocycles. The number of carbonyl (C=O) groups is 2. The first-order valence-electron chi connectivity index (χ1n) is 7.81. The Balaban J connectivity index is 1.93. The number of nitrogens with zero attached hydrogens (tertiary/aromatic N) is 4. The summed E-state index contributed by atoms with van der Waals surface area (Å²) in [5.41, 5.74) is 2.98. The van der Waals surface area contributed by atoms with Gasteiger partial charge in [-0.3, -0.25) is 14.3 Å². The van der Waals surface area contributed by atoms with Gasteiger partial charge >= 0.3 is 0 Å². The molecule has 0 fully saturated rings. The van der Waals surface area contributed by atoms with Crippen LogP contribution in [0.1, 0.15) is 18.5 Å². The number of halogens is 1. The van der Waals surface area contributed by atoms with Crippen molar-refractivity contribution >= 4 is 39.3 Å². The van der Waals surface area contributed by atoms with Gasteiger partial charge in [0.15, 0.2) is 0 Å². The molecule has 0 unspecified atom stereocenters. The molecule has 25 heavy (non-hydrogen) atoms. The lowest BCUT2D eigenvalue weighted by Gasteiger charge is -2.19. The average Bonchev–Trinajstić information content (AvgIpc) is 2.84. The van der Waals surface area contributed by atoms with E-state index < -0.39 is 0 Å². The number of rotatable bonds is 3. The van der Waals surface area contributed by atoms with Gasteiger partial charge in [-0.2, -0.15) is 10.2 Å². The highest BCUT2D eigenvalue weighted by atomic mass is 79.9. The molecule has 1 aromatic carbocycles. The lowest BCUT2D eigenvalue weighted by atomic mass is 10.1. The first-order chi connectivity index (χ1) is 11.9. The number of benzene rings is 1. The summed E-state index contributed by atoms with van der Waals surface area (Å²) in [6.07, 6.45) is 0.617. The van der Waals surface area contributed by atoms with Gasteiger partial charge < -0.3 is 5.32 Å². The summed E-state index contributed by atoms with van der Waals surface area (Å²) in [7, 11) is 3.33. The molecule has 1 aliphatic rings. The van der Waals surface area contributed by atoms with Crippen molar-refractivity contribution < 1.29 is 9.59 Å². The predicted octanol–water partition coefficient (Wildman–Crippen LogP) is 2.70. The highest BCUT2D eigenvalue weighted by molar-refractivity contribution is 9.10. The van der Waals surface area contributed by atoms with Crippen LogP contribution in [0, 0.1) is 6.92 Å². The van der Waals surface area contributed by atoms with E-state index in [1.807, 2.05) is 31.2 Å². The van der Waals surface area contributed by atoms with Crippen LogP contribution in [0.25, 0.3) is 11.1 Å². The molecule has 0 bridgehead atoms. The highest BCUT2D eigenvalue weighted by Gasteiger charge is 2.24. The SMILES string of the molecule is Cc1nn(C)c(NC(=O)C2=NN(C)C(=O)CC2)c1-c1ccc(Br)cc1. The number of hydrogen-bond acceptors (Lipinski definition) is 4. The van der Waals surface area contributed by atoms with Crippen LogP contribution in [0.5, 0.6) is 0 Å². The minimum Gasteiger partial charge on any atom is -0.305 e. The van der Waals surface area contributed by atoms with E-state index in [1.54, 1.807) is 18.8 Å². The summed E-state index contributed by atoms with van der Waals surface area (Å²) >= 11 is 3.42. The van der Waals surface area contributed by atoms with Crippen LogP contribution in [0.15, 0.2) is 33.8 Å². The number of carbonyl (C=O) groups excluding carboxylic acids is 2. The van der Waals surface area contributed by atoms with Crippen LogP contribution in [0.2, 0.25) is 0 Å². The maximum absolute atomic E-state index is 12.6. The van der Waals surface area contributed by atoms with Crippen LogP contribution in [0.4, 0.5) is 5.82 Å². The molecule has 1 N–H and O–H groups in total. The quantitative estimate of drug-likeness (QED) is 0.855. The number of aryl methyl sites for hydroxylation is 2. The Labute approximate surface area is 153 Å². The fourth-order valence-electron chi connectivity index (χ4n) is 2.78. The molecule has 1 aliphatic heterocycles. The van der Waals surface area contributed by atoms with Gasteiger partial charge in [0.25, 0.3) is 5.91 Å². The molecule has 0 atom stereocenters. The maximum atomic E-state index is 12.6.